The third-order valence-electron chi connectivity index (χ3n) is 9.31. The van der Waals surface area contributed by atoms with Crippen LogP contribution < -0.4 is 4.74 Å². The molecule has 5 nitrogen and oxygen atoms in total. The lowest BCUT2D eigenvalue weighted by Gasteiger charge is -2.47. The molecule has 8 rings (SSSR count). The Labute approximate surface area is 244 Å². The van der Waals surface area contributed by atoms with Gasteiger partial charge < -0.3 is 14.6 Å². The molecule has 41 heavy (non-hydrogen) atoms. The molecule has 2 aromatic heterocycles. The van der Waals surface area contributed by atoms with Gasteiger partial charge in [0.05, 0.1) is 28.5 Å². The van der Waals surface area contributed by atoms with Gasteiger partial charge in [-0.05, 0) is 101 Å². The molecular formula is C36H43N3O2. The number of ether oxygens (including phenoxy) is 1. The number of piperidine rings is 2. The average molecular weight is 550 g/mol. The Morgan fingerprint density at radius 2 is 1.73 bits per heavy atom. The minimum absolute atomic E-state index is 0.236. The summed E-state index contributed by atoms with van der Waals surface area (Å²) in [6.07, 6.45) is 6.81. The summed E-state index contributed by atoms with van der Waals surface area (Å²) in [5, 5.41) is 1.19. The molecule has 3 aliphatic heterocycles. The van der Waals surface area contributed by atoms with Crippen molar-refractivity contribution in [1.82, 2.24) is 14.9 Å². The summed E-state index contributed by atoms with van der Waals surface area (Å²) in [6.45, 7) is 14.6. The van der Waals surface area contributed by atoms with Crippen LogP contribution in [0.5, 0.6) is 5.75 Å². The second-order valence-electron chi connectivity index (χ2n) is 13.2. The minimum atomic E-state index is -0.642. The van der Waals surface area contributed by atoms with Gasteiger partial charge in [-0.1, -0.05) is 49.2 Å². The van der Waals surface area contributed by atoms with Crippen molar-refractivity contribution in [3.05, 3.63) is 82.7 Å². The number of amides is 1. The first-order chi connectivity index (χ1) is 19.6. The quantitative estimate of drug-likeness (QED) is 0.279. The average Bonchev–Trinajstić information content (AvgIpc) is 3.33. The number of aromatic amines is 1. The lowest BCUT2D eigenvalue weighted by Crippen LogP contribution is -2.55. The minimum Gasteiger partial charge on any atom is -0.488 e. The number of nitrogens with one attached hydrogen (secondary N) is 1. The topological polar surface area (TPSA) is 58.2 Å². The fraction of sp³-hybridized carbons (Fsp3) is 0.444. The van der Waals surface area contributed by atoms with Gasteiger partial charge in [0.15, 0.2) is 0 Å². The zero-order valence-electron chi connectivity index (χ0n) is 25.4. The number of hydrogen-bond acceptors (Lipinski definition) is 3. The van der Waals surface area contributed by atoms with E-state index >= 15 is 0 Å². The van der Waals surface area contributed by atoms with Gasteiger partial charge in [0, 0.05) is 23.5 Å². The maximum absolute atomic E-state index is 13.7. The lowest BCUT2D eigenvalue weighted by atomic mass is 9.77. The molecule has 1 saturated carbocycles. The van der Waals surface area contributed by atoms with E-state index in [9.17, 15) is 4.79 Å². The van der Waals surface area contributed by atoms with Gasteiger partial charge in [0.25, 0.3) is 0 Å². The number of aryl methyl sites for hydroxylation is 2. The molecule has 5 heteroatoms. The first kappa shape index (κ1) is 27.6. The van der Waals surface area contributed by atoms with Crippen molar-refractivity contribution >= 4 is 16.8 Å². The van der Waals surface area contributed by atoms with Crippen LogP contribution in [0, 0.1) is 19.8 Å². The molecular weight excluding hydrogens is 506 g/mol. The van der Waals surface area contributed by atoms with E-state index in [1.165, 1.54) is 51.7 Å². The molecule has 4 aliphatic rings. The number of rotatable bonds is 4. The second-order valence-corrected chi connectivity index (χ2v) is 13.2. The summed E-state index contributed by atoms with van der Waals surface area (Å²) >= 11 is 0. The van der Waals surface area contributed by atoms with Crippen molar-refractivity contribution in [3.63, 3.8) is 0 Å². The zero-order valence-corrected chi connectivity index (χ0v) is 25.4. The monoisotopic (exact) mass is 549 g/mol. The van der Waals surface area contributed by atoms with Crippen molar-refractivity contribution in [2.24, 2.45) is 5.92 Å². The Bertz CT molecular complexity index is 1550. The molecule has 0 unspecified atom stereocenters. The van der Waals surface area contributed by atoms with E-state index in [2.05, 4.69) is 81.8 Å². The molecule has 2 saturated heterocycles. The number of nitrogens with zero attached hydrogens (tertiary/aromatic N) is 2. The number of benzene rings is 2. The molecule has 3 fully saturated rings. The van der Waals surface area contributed by atoms with Gasteiger partial charge in [-0.15, -0.1) is 0 Å². The molecule has 0 radical (unpaired) electrons. The summed E-state index contributed by atoms with van der Waals surface area (Å²) < 4.78 is 5.08. The molecule has 2 aromatic carbocycles. The van der Waals surface area contributed by atoms with Gasteiger partial charge in [-0.25, -0.2) is 0 Å². The maximum atomic E-state index is 13.7. The van der Waals surface area contributed by atoms with Gasteiger partial charge >= 0.3 is 0 Å². The number of hydrogen-bond donors (Lipinski definition) is 1. The number of aromatic nitrogens is 2. The van der Waals surface area contributed by atoms with E-state index in [4.69, 9.17) is 9.72 Å². The molecule has 214 valence electrons. The van der Waals surface area contributed by atoms with Crippen LogP contribution in [0.25, 0.3) is 22.2 Å². The third-order valence-corrected chi connectivity index (χ3v) is 9.31. The standard InChI is InChI=1S/C29H37N3O.C7H6O/c1-17(2)26-23-14-25(29(5,6)28(33)32-16-20-7-9-22(32)10-8-20)30-15-24(23)31-27(26)21-12-18(3)11-19(4)13-21;1-2-4-7-6(3-1)5-8-7/h11-15,17,20,22,31H,7-10,16H2,1-6H3;1-4H,5H2. The molecule has 1 aliphatic carbocycles. The number of carbonyl (C=O) groups is 1. The van der Waals surface area contributed by atoms with Crippen molar-refractivity contribution in [2.75, 3.05) is 6.54 Å². The highest BCUT2D eigenvalue weighted by molar-refractivity contribution is 5.93. The predicted octanol–water partition coefficient (Wildman–Crippen LogP) is 8.23. The van der Waals surface area contributed by atoms with Gasteiger partial charge in [-0.3, -0.25) is 9.78 Å². The van der Waals surface area contributed by atoms with Crippen molar-refractivity contribution < 1.29 is 9.53 Å². The first-order valence-corrected chi connectivity index (χ1v) is 15.2. The molecule has 0 spiro atoms. The van der Waals surface area contributed by atoms with Crippen LogP contribution in [-0.4, -0.2) is 33.4 Å². The highest BCUT2D eigenvalue weighted by Crippen LogP contribution is 2.40. The normalized spacial score (nSPS) is 19.3. The van der Waals surface area contributed by atoms with Crippen molar-refractivity contribution in [1.29, 1.82) is 0 Å². The summed E-state index contributed by atoms with van der Waals surface area (Å²) in [5.74, 6) is 2.32. The van der Waals surface area contributed by atoms with E-state index in [1.54, 1.807) is 0 Å². The summed E-state index contributed by atoms with van der Waals surface area (Å²) in [6, 6.07) is 17.4. The number of H-pyrrole nitrogens is 1. The number of para-hydroxylation sites is 1. The Morgan fingerprint density at radius 1 is 1.02 bits per heavy atom. The lowest BCUT2D eigenvalue weighted by molar-refractivity contribution is -0.144. The Hall–Kier alpha value is -3.60. The molecule has 1 amide bonds. The van der Waals surface area contributed by atoms with Crippen LogP contribution in [0.1, 0.15) is 87.2 Å². The van der Waals surface area contributed by atoms with E-state index in [0.717, 1.165) is 43.0 Å². The Balaban J connectivity index is 0.000000322. The fourth-order valence-corrected chi connectivity index (χ4v) is 7.03. The summed E-state index contributed by atoms with van der Waals surface area (Å²) in [5.41, 5.74) is 8.81. The Morgan fingerprint density at radius 3 is 2.27 bits per heavy atom. The predicted molar refractivity (Wildman–Crippen MR) is 166 cm³/mol. The van der Waals surface area contributed by atoms with Gasteiger partial charge in [0.2, 0.25) is 5.91 Å². The fourth-order valence-electron chi connectivity index (χ4n) is 7.03. The van der Waals surface area contributed by atoms with Crippen LogP contribution in [0.2, 0.25) is 0 Å². The van der Waals surface area contributed by atoms with Gasteiger partial charge in [0.1, 0.15) is 12.4 Å². The molecule has 4 aromatic rings. The summed E-state index contributed by atoms with van der Waals surface area (Å²) in [7, 11) is 0. The SMILES string of the molecule is Cc1cc(C)cc(-c2[nH]c3cnc(C(C)(C)C(=O)N4CC5CCC4CC5)cc3c2C(C)C)c1.c1ccc2c(c1)CO2. The van der Waals surface area contributed by atoms with E-state index in [0.29, 0.717) is 17.9 Å². The Kier molecular flexibility index (Phi) is 7.17. The second kappa shape index (κ2) is 10.7. The van der Waals surface area contributed by atoms with Crippen LogP contribution in [0.3, 0.4) is 0 Å². The van der Waals surface area contributed by atoms with Crippen LogP contribution >= 0.6 is 0 Å². The van der Waals surface area contributed by atoms with Crippen LogP contribution in [0.4, 0.5) is 0 Å². The van der Waals surface area contributed by atoms with E-state index in [-0.39, 0.29) is 5.91 Å². The molecule has 0 atom stereocenters. The highest BCUT2D eigenvalue weighted by atomic mass is 16.5. The zero-order chi connectivity index (χ0) is 28.9. The van der Waals surface area contributed by atoms with Crippen molar-refractivity contribution in [3.8, 4) is 17.0 Å². The highest BCUT2D eigenvalue weighted by Gasteiger charge is 2.43. The number of carbonyl (C=O) groups excluding carboxylic acids is 1. The molecule has 1 N–H and O–H groups in total. The largest absolute Gasteiger partial charge is 0.488 e. The van der Waals surface area contributed by atoms with Crippen LogP contribution in [0.15, 0.2) is 54.7 Å². The molecule has 2 bridgehead atoms. The van der Waals surface area contributed by atoms with Crippen molar-refractivity contribution in [2.45, 2.75) is 91.2 Å². The van der Waals surface area contributed by atoms with E-state index < -0.39 is 5.41 Å². The van der Waals surface area contributed by atoms with E-state index in [1.807, 2.05) is 24.4 Å². The van der Waals surface area contributed by atoms with Gasteiger partial charge in [-0.2, -0.15) is 0 Å². The summed E-state index contributed by atoms with van der Waals surface area (Å²) in [4.78, 5) is 24.4. The smallest absolute Gasteiger partial charge is 0.234 e. The first-order valence-electron chi connectivity index (χ1n) is 15.2. The maximum Gasteiger partial charge on any atom is 0.234 e. The van der Waals surface area contributed by atoms with Crippen LogP contribution in [-0.2, 0) is 16.8 Å². The number of fused-ring (bicyclic) bond motifs is 5. The third kappa shape index (κ3) is 5.16. The number of pyridine rings is 1. The molecule has 5 heterocycles.